The van der Waals surface area contributed by atoms with E-state index in [2.05, 4.69) is 10.3 Å². The van der Waals surface area contributed by atoms with Crippen LogP contribution in [0.25, 0.3) is 0 Å². The number of hydrogen-bond acceptors (Lipinski definition) is 4. The van der Waals surface area contributed by atoms with Crippen LogP contribution in [0.3, 0.4) is 0 Å². The van der Waals surface area contributed by atoms with Crippen LogP contribution in [0.2, 0.25) is 0 Å². The van der Waals surface area contributed by atoms with E-state index >= 15 is 0 Å². The predicted octanol–water partition coefficient (Wildman–Crippen LogP) is 1.88. The summed E-state index contributed by atoms with van der Waals surface area (Å²) in [7, 11) is -3.53. The number of nitrogens with one attached hydrogen (secondary N) is 1. The first-order valence-corrected chi connectivity index (χ1v) is 8.62. The molecule has 0 unspecified atom stereocenters. The molecule has 5 nitrogen and oxygen atoms in total. The van der Waals surface area contributed by atoms with Crippen LogP contribution < -0.4 is 5.32 Å². The summed E-state index contributed by atoms with van der Waals surface area (Å²) in [5.41, 5.74) is 0.708. The first kappa shape index (κ1) is 14.7. The van der Waals surface area contributed by atoms with Crippen LogP contribution in [-0.4, -0.2) is 24.6 Å². The molecule has 1 saturated heterocycles. The van der Waals surface area contributed by atoms with E-state index < -0.39 is 21.1 Å². The van der Waals surface area contributed by atoms with E-state index in [1.54, 1.807) is 54.9 Å². The van der Waals surface area contributed by atoms with Crippen molar-refractivity contribution in [2.45, 2.75) is 29.0 Å². The Balaban J connectivity index is 2.02. The van der Waals surface area contributed by atoms with Crippen molar-refractivity contribution in [1.29, 1.82) is 0 Å². The van der Waals surface area contributed by atoms with Crippen molar-refractivity contribution in [2.75, 3.05) is 0 Å². The molecule has 1 aliphatic heterocycles. The standard InChI is InChI=1S/C16H16N2O3S/c19-15-9-8-14(16(18-15)12-5-4-10-17-11-12)22(20,21)13-6-2-1-3-7-13/h1-7,10-11,14,16H,8-9H2,(H,18,19)/t14-,16+/m1/s1. The molecular formula is C16H16N2O3S. The Morgan fingerprint density at radius 2 is 1.86 bits per heavy atom. The zero-order valence-electron chi connectivity index (χ0n) is 11.8. The Labute approximate surface area is 129 Å². The molecule has 0 spiro atoms. The van der Waals surface area contributed by atoms with Gasteiger partial charge in [-0.05, 0) is 30.2 Å². The smallest absolute Gasteiger partial charge is 0.220 e. The minimum atomic E-state index is -3.53. The van der Waals surface area contributed by atoms with Gasteiger partial charge in [0.05, 0.1) is 16.2 Å². The number of rotatable bonds is 3. The van der Waals surface area contributed by atoms with Gasteiger partial charge in [0.1, 0.15) is 0 Å². The third-order valence-corrected chi connectivity index (χ3v) is 6.09. The van der Waals surface area contributed by atoms with E-state index in [4.69, 9.17) is 0 Å². The lowest BCUT2D eigenvalue weighted by atomic mass is 9.98. The molecule has 2 aromatic rings. The molecular weight excluding hydrogens is 300 g/mol. The molecule has 114 valence electrons. The Bertz CT molecular complexity index is 760. The topological polar surface area (TPSA) is 76.1 Å². The van der Waals surface area contributed by atoms with Crippen molar-refractivity contribution < 1.29 is 13.2 Å². The molecule has 1 N–H and O–H groups in total. The summed E-state index contributed by atoms with van der Waals surface area (Å²) in [4.78, 5) is 16.0. The average Bonchev–Trinajstić information content (AvgIpc) is 2.56. The molecule has 0 aliphatic carbocycles. The average molecular weight is 316 g/mol. The largest absolute Gasteiger partial charge is 0.348 e. The van der Waals surface area contributed by atoms with E-state index in [9.17, 15) is 13.2 Å². The van der Waals surface area contributed by atoms with E-state index in [0.29, 0.717) is 12.0 Å². The maximum absolute atomic E-state index is 12.9. The van der Waals surface area contributed by atoms with Gasteiger partial charge in [-0.3, -0.25) is 9.78 Å². The summed E-state index contributed by atoms with van der Waals surface area (Å²) in [5.74, 6) is -0.131. The van der Waals surface area contributed by atoms with Gasteiger partial charge in [-0.1, -0.05) is 24.3 Å². The molecule has 0 bridgehead atoms. The van der Waals surface area contributed by atoms with Gasteiger partial charge in [0.15, 0.2) is 9.84 Å². The summed E-state index contributed by atoms with van der Waals surface area (Å²) in [5, 5.41) is 2.12. The lowest BCUT2D eigenvalue weighted by Crippen LogP contribution is -2.45. The summed E-state index contributed by atoms with van der Waals surface area (Å²) < 4.78 is 25.8. The minimum absolute atomic E-state index is 0.131. The minimum Gasteiger partial charge on any atom is -0.348 e. The number of piperidine rings is 1. The third-order valence-electron chi connectivity index (χ3n) is 3.86. The Morgan fingerprint density at radius 3 is 2.55 bits per heavy atom. The molecule has 1 fully saturated rings. The van der Waals surface area contributed by atoms with Crippen molar-refractivity contribution in [1.82, 2.24) is 10.3 Å². The van der Waals surface area contributed by atoms with Crippen LogP contribution in [0, 0.1) is 0 Å². The number of pyridine rings is 1. The summed E-state index contributed by atoms with van der Waals surface area (Å²) in [6, 6.07) is 11.3. The summed E-state index contributed by atoms with van der Waals surface area (Å²) in [6.45, 7) is 0. The fraction of sp³-hybridized carbons (Fsp3) is 0.250. The number of nitrogens with zero attached hydrogens (tertiary/aromatic N) is 1. The molecule has 1 aliphatic rings. The zero-order valence-corrected chi connectivity index (χ0v) is 12.7. The third kappa shape index (κ3) is 2.74. The van der Waals surface area contributed by atoms with Crippen LogP contribution in [0.4, 0.5) is 0 Å². The number of aromatic nitrogens is 1. The number of sulfone groups is 1. The predicted molar refractivity (Wildman–Crippen MR) is 81.8 cm³/mol. The molecule has 1 aromatic heterocycles. The molecule has 22 heavy (non-hydrogen) atoms. The maximum atomic E-state index is 12.9. The zero-order chi connectivity index (χ0) is 15.6. The summed E-state index contributed by atoms with van der Waals surface area (Å²) >= 11 is 0. The van der Waals surface area contributed by atoms with Crippen LogP contribution in [0.15, 0.2) is 59.8 Å². The van der Waals surface area contributed by atoms with Crippen molar-refractivity contribution in [3.63, 3.8) is 0 Å². The second-order valence-electron chi connectivity index (χ2n) is 5.27. The van der Waals surface area contributed by atoms with E-state index in [0.717, 1.165) is 0 Å². The van der Waals surface area contributed by atoms with E-state index in [-0.39, 0.29) is 17.2 Å². The summed E-state index contributed by atoms with van der Waals surface area (Å²) in [6.07, 6.45) is 3.74. The van der Waals surface area contributed by atoms with Gasteiger partial charge in [-0.2, -0.15) is 0 Å². The van der Waals surface area contributed by atoms with Crippen LogP contribution >= 0.6 is 0 Å². The highest BCUT2D eigenvalue weighted by atomic mass is 32.2. The molecule has 0 radical (unpaired) electrons. The normalized spacial score (nSPS) is 22.1. The Hall–Kier alpha value is -2.21. The first-order valence-electron chi connectivity index (χ1n) is 7.07. The Morgan fingerprint density at radius 1 is 1.09 bits per heavy atom. The van der Waals surface area contributed by atoms with Gasteiger partial charge >= 0.3 is 0 Å². The lowest BCUT2D eigenvalue weighted by molar-refractivity contribution is -0.123. The SMILES string of the molecule is O=C1CC[C@@H](S(=O)(=O)c2ccccc2)[C@H](c2cccnc2)N1. The molecule has 2 heterocycles. The first-order chi connectivity index (χ1) is 10.6. The number of benzene rings is 1. The van der Waals surface area contributed by atoms with Gasteiger partial charge in [0.25, 0.3) is 0 Å². The molecule has 1 amide bonds. The monoisotopic (exact) mass is 316 g/mol. The van der Waals surface area contributed by atoms with Gasteiger partial charge in [0.2, 0.25) is 5.91 Å². The molecule has 6 heteroatoms. The highest BCUT2D eigenvalue weighted by molar-refractivity contribution is 7.92. The lowest BCUT2D eigenvalue weighted by Gasteiger charge is -2.32. The molecule has 1 aromatic carbocycles. The van der Waals surface area contributed by atoms with Crippen molar-refractivity contribution >= 4 is 15.7 Å². The Kier molecular flexibility index (Phi) is 3.94. The van der Waals surface area contributed by atoms with Crippen LogP contribution in [0.1, 0.15) is 24.4 Å². The van der Waals surface area contributed by atoms with E-state index in [1.165, 1.54) is 0 Å². The molecule has 2 atom stereocenters. The quantitative estimate of drug-likeness (QED) is 0.938. The van der Waals surface area contributed by atoms with Crippen molar-refractivity contribution in [2.24, 2.45) is 0 Å². The highest BCUT2D eigenvalue weighted by Gasteiger charge is 2.39. The second kappa shape index (κ2) is 5.88. The molecule has 0 saturated carbocycles. The van der Waals surface area contributed by atoms with Crippen molar-refractivity contribution in [3.05, 3.63) is 60.4 Å². The van der Waals surface area contributed by atoms with Crippen LogP contribution in [0.5, 0.6) is 0 Å². The van der Waals surface area contributed by atoms with Gasteiger partial charge in [-0.15, -0.1) is 0 Å². The second-order valence-corrected chi connectivity index (χ2v) is 7.43. The number of carbonyl (C=O) groups excluding carboxylic acids is 1. The highest BCUT2D eigenvalue weighted by Crippen LogP contribution is 2.32. The van der Waals surface area contributed by atoms with Gasteiger partial charge < -0.3 is 5.32 Å². The van der Waals surface area contributed by atoms with Crippen molar-refractivity contribution in [3.8, 4) is 0 Å². The fourth-order valence-electron chi connectivity index (χ4n) is 2.76. The van der Waals surface area contributed by atoms with Crippen LogP contribution in [-0.2, 0) is 14.6 Å². The van der Waals surface area contributed by atoms with Gasteiger partial charge in [0, 0.05) is 18.8 Å². The maximum Gasteiger partial charge on any atom is 0.220 e. The van der Waals surface area contributed by atoms with Gasteiger partial charge in [-0.25, -0.2) is 8.42 Å². The fourth-order valence-corrected chi connectivity index (χ4v) is 4.65. The number of hydrogen-bond donors (Lipinski definition) is 1. The molecule has 3 rings (SSSR count). The number of carbonyl (C=O) groups is 1. The van der Waals surface area contributed by atoms with E-state index in [1.807, 2.05) is 0 Å². The number of amides is 1.